The van der Waals surface area contributed by atoms with Crippen molar-refractivity contribution in [3.8, 4) is 0 Å². The molecule has 1 amide bonds. The molecule has 0 spiro atoms. The van der Waals surface area contributed by atoms with E-state index in [4.69, 9.17) is 5.11 Å². The van der Waals surface area contributed by atoms with Gasteiger partial charge in [0.1, 0.15) is 0 Å². The third-order valence-corrected chi connectivity index (χ3v) is 3.50. The molecule has 0 aromatic heterocycles. The summed E-state index contributed by atoms with van der Waals surface area (Å²) in [5.74, 6) is -6.21. The number of benzene rings is 1. The van der Waals surface area contributed by atoms with Gasteiger partial charge in [-0.2, -0.15) is 0 Å². The number of carbonyl (C=O) groups is 2. The highest BCUT2D eigenvalue weighted by molar-refractivity contribution is 5.94. The van der Waals surface area contributed by atoms with Crippen LogP contribution in [0.3, 0.4) is 0 Å². The second kappa shape index (κ2) is 6.15. The Kier molecular flexibility index (Phi) is 4.50. The molecule has 1 aromatic carbocycles. The lowest BCUT2D eigenvalue weighted by Gasteiger charge is -2.32. The van der Waals surface area contributed by atoms with Crippen LogP contribution in [0, 0.1) is 23.4 Å². The van der Waals surface area contributed by atoms with Gasteiger partial charge in [0.05, 0.1) is 0 Å². The van der Waals surface area contributed by atoms with Crippen LogP contribution >= 0.6 is 0 Å². The Labute approximate surface area is 119 Å². The molecule has 1 aliphatic heterocycles. The molecule has 0 radical (unpaired) electrons. The summed E-state index contributed by atoms with van der Waals surface area (Å²) >= 11 is 0. The summed E-state index contributed by atoms with van der Waals surface area (Å²) in [5.41, 5.74) is -0.276. The van der Waals surface area contributed by atoms with Gasteiger partial charge in [0, 0.05) is 25.1 Å². The number of carboxylic acids is 1. The number of halogens is 3. The molecule has 1 N–H and O–H groups in total. The lowest BCUT2D eigenvalue weighted by molar-refractivity contribution is -0.138. The van der Waals surface area contributed by atoms with Gasteiger partial charge in [-0.3, -0.25) is 9.59 Å². The fourth-order valence-corrected chi connectivity index (χ4v) is 2.52. The van der Waals surface area contributed by atoms with Gasteiger partial charge < -0.3 is 10.0 Å². The maximum atomic E-state index is 13.2. The van der Waals surface area contributed by atoms with Crippen molar-refractivity contribution < 1.29 is 27.9 Å². The highest BCUT2D eigenvalue weighted by atomic mass is 19.2. The van der Waals surface area contributed by atoms with E-state index < -0.39 is 29.3 Å². The lowest BCUT2D eigenvalue weighted by atomic mass is 9.94. The zero-order valence-corrected chi connectivity index (χ0v) is 11.1. The summed E-state index contributed by atoms with van der Waals surface area (Å²) in [5, 5.41) is 8.77. The van der Waals surface area contributed by atoms with E-state index in [0.717, 1.165) is 0 Å². The van der Waals surface area contributed by atoms with E-state index in [1.807, 2.05) is 0 Å². The van der Waals surface area contributed by atoms with Crippen LogP contribution in [0.25, 0.3) is 0 Å². The van der Waals surface area contributed by atoms with Crippen molar-refractivity contribution in [3.05, 3.63) is 35.1 Å². The molecule has 7 heteroatoms. The average Bonchev–Trinajstić information content (AvgIpc) is 2.43. The summed E-state index contributed by atoms with van der Waals surface area (Å²) < 4.78 is 39.2. The Balaban J connectivity index is 2.14. The summed E-state index contributed by atoms with van der Waals surface area (Å²) in [6.07, 6.45) is 1.24. The van der Waals surface area contributed by atoms with Gasteiger partial charge in [-0.05, 0) is 30.9 Å². The minimum absolute atomic E-state index is 0.0596. The predicted octanol–water partition coefficient (Wildman–Crippen LogP) is 2.43. The van der Waals surface area contributed by atoms with Crippen molar-refractivity contribution in [2.45, 2.75) is 19.3 Å². The van der Waals surface area contributed by atoms with Crippen LogP contribution in [-0.2, 0) is 4.79 Å². The van der Waals surface area contributed by atoms with Gasteiger partial charge in [-0.15, -0.1) is 0 Å². The van der Waals surface area contributed by atoms with Crippen LogP contribution < -0.4 is 0 Å². The summed E-state index contributed by atoms with van der Waals surface area (Å²) in [6, 6.07) is 1.31. The number of rotatable bonds is 3. The zero-order valence-electron chi connectivity index (χ0n) is 11.1. The van der Waals surface area contributed by atoms with Crippen LogP contribution in [0.5, 0.6) is 0 Å². The van der Waals surface area contributed by atoms with Crippen LogP contribution in [0.15, 0.2) is 12.1 Å². The standard InChI is InChI=1S/C14H14F3NO3/c15-10-5-9(6-11(16)13(10)17)14(21)18-3-1-2-8(7-18)4-12(19)20/h5-6,8H,1-4,7H2,(H,19,20). The molecule has 1 heterocycles. The van der Waals surface area contributed by atoms with E-state index in [2.05, 4.69) is 0 Å². The van der Waals surface area contributed by atoms with E-state index in [-0.39, 0.29) is 24.4 Å². The minimum atomic E-state index is -1.62. The first-order valence-corrected chi connectivity index (χ1v) is 6.54. The summed E-state index contributed by atoms with van der Waals surface area (Å²) in [7, 11) is 0. The topological polar surface area (TPSA) is 57.6 Å². The second-order valence-corrected chi connectivity index (χ2v) is 5.11. The molecule has 0 aliphatic carbocycles. The molecule has 1 aromatic rings. The molecule has 21 heavy (non-hydrogen) atoms. The van der Waals surface area contributed by atoms with Gasteiger partial charge in [-0.25, -0.2) is 13.2 Å². The van der Waals surface area contributed by atoms with E-state index in [9.17, 15) is 22.8 Å². The molecule has 0 saturated carbocycles. The van der Waals surface area contributed by atoms with Crippen molar-refractivity contribution in [1.29, 1.82) is 0 Å². The fraction of sp³-hybridized carbons (Fsp3) is 0.429. The van der Waals surface area contributed by atoms with E-state index >= 15 is 0 Å². The Morgan fingerprint density at radius 1 is 1.24 bits per heavy atom. The number of amides is 1. The van der Waals surface area contributed by atoms with Crippen molar-refractivity contribution in [3.63, 3.8) is 0 Å². The van der Waals surface area contributed by atoms with Gasteiger partial charge in [0.15, 0.2) is 17.5 Å². The zero-order chi connectivity index (χ0) is 15.6. The van der Waals surface area contributed by atoms with E-state index in [0.29, 0.717) is 31.5 Å². The summed E-state index contributed by atoms with van der Waals surface area (Å²) in [4.78, 5) is 24.2. The molecular weight excluding hydrogens is 287 g/mol. The molecular formula is C14H14F3NO3. The number of nitrogens with zero attached hydrogens (tertiary/aromatic N) is 1. The Hall–Kier alpha value is -2.05. The molecule has 1 unspecified atom stereocenters. The number of aliphatic carboxylic acids is 1. The number of carboxylic acid groups (broad SMARTS) is 1. The molecule has 1 fully saturated rings. The molecule has 1 aliphatic rings. The average molecular weight is 301 g/mol. The molecule has 1 saturated heterocycles. The van der Waals surface area contributed by atoms with Crippen molar-refractivity contribution in [1.82, 2.24) is 4.90 Å². The van der Waals surface area contributed by atoms with Gasteiger partial charge in [-0.1, -0.05) is 0 Å². The molecule has 2 rings (SSSR count). The van der Waals surface area contributed by atoms with Gasteiger partial charge in [0.2, 0.25) is 0 Å². The predicted molar refractivity (Wildman–Crippen MR) is 67.2 cm³/mol. The van der Waals surface area contributed by atoms with Gasteiger partial charge in [0.25, 0.3) is 5.91 Å². The Morgan fingerprint density at radius 3 is 2.43 bits per heavy atom. The third-order valence-electron chi connectivity index (χ3n) is 3.50. The first-order valence-electron chi connectivity index (χ1n) is 6.54. The van der Waals surface area contributed by atoms with E-state index in [1.54, 1.807) is 0 Å². The second-order valence-electron chi connectivity index (χ2n) is 5.11. The highest BCUT2D eigenvalue weighted by Gasteiger charge is 2.27. The number of hydrogen-bond acceptors (Lipinski definition) is 2. The van der Waals surface area contributed by atoms with E-state index in [1.165, 1.54) is 4.90 Å². The summed E-state index contributed by atoms with van der Waals surface area (Å²) in [6.45, 7) is 0.599. The smallest absolute Gasteiger partial charge is 0.303 e. The first kappa shape index (κ1) is 15.3. The third kappa shape index (κ3) is 3.53. The quantitative estimate of drug-likeness (QED) is 0.872. The number of piperidine rings is 1. The van der Waals surface area contributed by atoms with Crippen molar-refractivity contribution >= 4 is 11.9 Å². The molecule has 0 bridgehead atoms. The Morgan fingerprint density at radius 2 is 1.86 bits per heavy atom. The van der Waals surface area contributed by atoms with Gasteiger partial charge >= 0.3 is 5.97 Å². The maximum Gasteiger partial charge on any atom is 0.303 e. The first-order chi connectivity index (χ1) is 9.88. The monoisotopic (exact) mass is 301 g/mol. The maximum absolute atomic E-state index is 13.2. The highest BCUT2D eigenvalue weighted by Crippen LogP contribution is 2.22. The molecule has 1 atom stereocenters. The van der Waals surface area contributed by atoms with Crippen LogP contribution in [0.2, 0.25) is 0 Å². The number of carbonyl (C=O) groups excluding carboxylic acids is 1. The van der Waals surface area contributed by atoms with Crippen LogP contribution in [0.1, 0.15) is 29.6 Å². The van der Waals surface area contributed by atoms with Crippen LogP contribution in [-0.4, -0.2) is 35.0 Å². The SMILES string of the molecule is O=C(O)CC1CCCN(C(=O)c2cc(F)c(F)c(F)c2)C1. The largest absolute Gasteiger partial charge is 0.481 e. The molecule has 4 nitrogen and oxygen atoms in total. The fourth-order valence-electron chi connectivity index (χ4n) is 2.52. The van der Waals surface area contributed by atoms with Crippen LogP contribution in [0.4, 0.5) is 13.2 Å². The Bertz CT molecular complexity index is 554. The number of likely N-dealkylation sites (tertiary alicyclic amines) is 1. The minimum Gasteiger partial charge on any atom is -0.481 e. The van der Waals surface area contributed by atoms with Crippen molar-refractivity contribution in [2.75, 3.05) is 13.1 Å². The lowest BCUT2D eigenvalue weighted by Crippen LogP contribution is -2.40. The number of hydrogen-bond donors (Lipinski definition) is 1. The van der Waals surface area contributed by atoms with Crippen molar-refractivity contribution in [2.24, 2.45) is 5.92 Å². The molecule has 114 valence electrons. The normalized spacial score (nSPS) is 18.6.